The molecule has 8 heteroatoms. The van der Waals surface area contributed by atoms with Gasteiger partial charge < -0.3 is 10.1 Å². The van der Waals surface area contributed by atoms with Crippen LogP contribution in [0, 0.1) is 5.92 Å². The molecule has 0 radical (unpaired) electrons. The third-order valence-corrected chi connectivity index (χ3v) is 6.24. The second-order valence-electron chi connectivity index (χ2n) is 5.83. The first kappa shape index (κ1) is 19.1. The molecule has 1 N–H and O–H groups in total. The Morgan fingerprint density at radius 3 is 2.69 bits per heavy atom. The van der Waals surface area contributed by atoms with E-state index in [4.69, 9.17) is 16.3 Å². The number of carbonyl (C=O) groups is 3. The molecule has 0 saturated carbocycles. The highest BCUT2D eigenvalue weighted by molar-refractivity contribution is 9.09. The highest BCUT2D eigenvalue weighted by Crippen LogP contribution is 2.43. The number of thiophene rings is 1. The van der Waals surface area contributed by atoms with Crippen LogP contribution in [-0.4, -0.2) is 30.1 Å². The fraction of sp³-hybridized carbons (Fsp3) is 0.278. The van der Waals surface area contributed by atoms with Crippen LogP contribution in [0.5, 0.6) is 0 Å². The average molecular weight is 457 g/mol. The van der Waals surface area contributed by atoms with Crippen LogP contribution >= 0.6 is 38.9 Å². The highest BCUT2D eigenvalue weighted by atomic mass is 79.9. The van der Waals surface area contributed by atoms with E-state index in [2.05, 4.69) is 21.2 Å². The van der Waals surface area contributed by atoms with Gasteiger partial charge in [-0.25, -0.2) is 0 Å². The van der Waals surface area contributed by atoms with Crippen molar-refractivity contribution in [3.05, 3.63) is 50.9 Å². The van der Waals surface area contributed by atoms with Gasteiger partial charge in [0, 0.05) is 10.4 Å². The van der Waals surface area contributed by atoms with Crippen LogP contribution in [0.25, 0.3) is 0 Å². The summed E-state index contributed by atoms with van der Waals surface area (Å²) < 4.78 is 4.83. The molecule has 1 heterocycles. The first-order valence-corrected chi connectivity index (χ1v) is 10.1. The number of benzene rings is 1. The van der Waals surface area contributed by atoms with Crippen LogP contribution in [0.15, 0.2) is 24.3 Å². The highest BCUT2D eigenvalue weighted by Gasteiger charge is 2.36. The molecule has 1 atom stereocenters. The van der Waals surface area contributed by atoms with Crippen molar-refractivity contribution in [2.24, 2.45) is 5.92 Å². The van der Waals surface area contributed by atoms with Gasteiger partial charge in [-0.05, 0) is 30.5 Å². The molecule has 1 unspecified atom stereocenters. The molecule has 136 valence electrons. The zero-order valence-electron chi connectivity index (χ0n) is 13.8. The van der Waals surface area contributed by atoms with Crippen molar-refractivity contribution in [3.63, 3.8) is 0 Å². The van der Waals surface area contributed by atoms with E-state index in [9.17, 15) is 14.4 Å². The molecule has 1 amide bonds. The van der Waals surface area contributed by atoms with Crippen molar-refractivity contribution in [2.45, 2.75) is 12.8 Å². The predicted octanol–water partition coefficient (Wildman–Crippen LogP) is 3.85. The van der Waals surface area contributed by atoms with Crippen molar-refractivity contribution in [1.29, 1.82) is 0 Å². The number of rotatable bonds is 5. The second kappa shape index (κ2) is 7.90. The lowest BCUT2D eigenvalue weighted by atomic mass is 9.98. The number of alkyl halides is 1. The van der Waals surface area contributed by atoms with Crippen LogP contribution in [0.3, 0.4) is 0 Å². The Kier molecular flexibility index (Phi) is 5.79. The molecule has 3 rings (SSSR count). The molecular weight excluding hydrogens is 442 g/mol. The number of anilines is 1. The molecule has 1 aliphatic rings. The van der Waals surface area contributed by atoms with Crippen LogP contribution in [-0.2, 0) is 27.2 Å². The molecule has 1 aliphatic carbocycles. The number of ether oxygens (including phenoxy) is 1. The van der Waals surface area contributed by atoms with E-state index in [1.807, 2.05) is 0 Å². The van der Waals surface area contributed by atoms with Crippen LogP contribution < -0.4 is 5.32 Å². The van der Waals surface area contributed by atoms with Gasteiger partial charge in [0.2, 0.25) is 5.91 Å². The number of hydrogen-bond acceptors (Lipinski definition) is 5. The summed E-state index contributed by atoms with van der Waals surface area (Å²) in [6, 6.07) is 6.78. The molecule has 0 saturated heterocycles. The quantitative estimate of drug-likeness (QED) is 0.421. The predicted molar refractivity (Wildman–Crippen MR) is 105 cm³/mol. The Balaban J connectivity index is 2.05. The summed E-state index contributed by atoms with van der Waals surface area (Å²) in [6.45, 7) is 0. The first-order valence-electron chi connectivity index (χ1n) is 7.83. The van der Waals surface area contributed by atoms with Gasteiger partial charge in [-0.1, -0.05) is 39.7 Å². The number of esters is 1. The Morgan fingerprint density at radius 2 is 2.04 bits per heavy atom. The maximum Gasteiger partial charge on any atom is 0.309 e. The fourth-order valence-corrected chi connectivity index (χ4v) is 4.72. The normalized spacial score (nSPS) is 15.4. The van der Waals surface area contributed by atoms with Crippen molar-refractivity contribution in [2.75, 3.05) is 17.8 Å². The number of amides is 1. The van der Waals surface area contributed by atoms with Gasteiger partial charge in [-0.2, -0.15) is 0 Å². The number of halogens is 2. The van der Waals surface area contributed by atoms with Gasteiger partial charge in [-0.3, -0.25) is 14.4 Å². The van der Waals surface area contributed by atoms with Crippen molar-refractivity contribution >= 4 is 61.5 Å². The van der Waals surface area contributed by atoms with Gasteiger partial charge in [-0.15, -0.1) is 11.3 Å². The van der Waals surface area contributed by atoms with E-state index < -0.39 is 0 Å². The summed E-state index contributed by atoms with van der Waals surface area (Å²) >= 11 is 10.6. The monoisotopic (exact) mass is 455 g/mol. The fourth-order valence-electron chi connectivity index (χ4n) is 3.04. The number of fused-ring (bicyclic) bond motifs is 1. The Morgan fingerprint density at radius 1 is 1.31 bits per heavy atom. The Bertz CT molecular complexity index is 895. The molecule has 2 aromatic rings. The molecule has 26 heavy (non-hydrogen) atoms. The molecule has 1 aromatic carbocycles. The standard InChI is InChI=1S/C18H15BrClNO4S/c1-25-18(24)9-6-11-13(7-9)26-17(21-14(22)8-19)15(11)16(23)10-4-2-3-5-12(10)20/h2-5,9H,6-8H2,1H3,(H,21,22). The van der Waals surface area contributed by atoms with Gasteiger partial charge in [0.15, 0.2) is 5.78 Å². The topological polar surface area (TPSA) is 72.5 Å². The largest absolute Gasteiger partial charge is 0.469 e. The zero-order chi connectivity index (χ0) is 18.8. The van der Waals surface area contributed by atoms with Crippen molar-refractivity contribution in [3.8, 4) is 0 Å². The minimum absolute atomic E-state index is 0.125. The maximum absolute atomic E-state index is 13.2. The van der Waals surface area contributed by atoms with E-state index in [1.165, 1.54) is 18.4 Å². The first-order chi connectivity index (χ1) is 12.5. The zero-order valence-corrected chi connectivity index (χ0v) is 17.0. The van der Waals surface area contributed by atoms with Crippen LogP contribution in [0.2, 0.25) is 5.02 Å². The molecule has 0 fully saturated rings. The van der Waals surface area contributed by atoms with Gasteiger partial charge in [0.05, 0.1) is 28.9 Å². The van der Waals surface area contributed by atoms with E-state index >= 15 is 0 Å². The minimum Gasteiger partial charge on any atom is -0.469 e. The summed E-state index contributed by atoms with van der Waals surface area (Å²) in [6.07, 6.45) is 0.911. The maximum atomic E-state index is 13.2. The molecule has 1 aromatic heterocycles. The molecular formula is C18H15BrClNO4S. The number of hydrogen-bond donors (Lipinski definition) is 1. The van der Waals surface area contributed by atoms with E-state index in [0.717, 1.165) is 10.4 Å². The van der Waals surface area contributed by atoms with E-state index in [0.29, 0.717) is 34.0 Å². The lowest BCUT2D eigenvalue weighted by Gasteiger charge is -2.10. The molecule has 0 aliphatic heterocycles. The van der Waals surface area contributed by atoms with Crippen LogP contribution in [0.4, 0.5) is 5.00 Å². The van der Waals surface area contributed by atoms with Gasteiger partial charge in [0.1, 0.15) is 5.00 Å². The summed E-state index contributed by atoms with van der Waals surface area (Å²) in [4.78, 5) is 37.8. The van der Waals surface area contributed by atoms with Crippen molar-refractivity contribution < 1.29 is 19.1 Å². The molecule has 0 bridgehead atoms. The van der Waals surface area contributed by atoms with Gasteiger partial charge >= 0.3 is 5.97 Å². The number of methoxy groups -OCH3 is 1. The molecule has 0 spiro atoms. The summed E-state index contributed by atoms with van der Waals surface area (Å²) in [7, 11) is 1.35. The Labute approximate surface area is 167 Å². The smallest absolute Gasteiger partial charge is 0.309 e. The number of carbonyl (C=O) groups excluding carboxylic acids is 3. The number of ketones is 1. The van der Waals surface area contributed by atoms with Crippen LogP contribution in [0.1, 0.15) is 26.4 Å². The lowest BCUT2D eigenvalue weighted by molar-refractivity contribution is -0.145. The number of nitrogens with one attached hydrogen (secondary N) is 1. The summed E-state index contributed by atoms with van der Waals surface area (Å²) in [5, 5.41) is 3.73. The molecule has 5 nitrogen and oxygen atoms in total. The van der Waals surface area contributed by atoms with Crippen molar-refractivity contribution in [1.82, 2.24) is 0 Å². The lowest BCUT2D eigenvalue weighted by Crippen LogP contribution is -2.18. The Hall–Kier alpha value is -1.70. The minimum atomic E-state index is -0.306. The summed E-state index contributed by atoms with van der Waals surface area (Å²) in [5.41, 5.74) is 1.57. The van der Waals surface area contributed by atoms with E-state index in [1.54, 1.807) is 24.3 Å². The summed E-state index contributed by atoms with van der Waals surface area (Å²) in [5.74, 6) is -1.11. The third-order valence-electron chi connectivity index (χ3n) is 4.23. The average Bonchev–Trinajstić information content (AvgIpc) is 3.18. The van der Waals surface area contributed by atoms with Gasteiger partial charge in [0.25, 0.3) is 0 Å². The third kappa shape index (κ3) is 3.56. The second-order valence-corrected chi connectivity index (χ2v) is 7.90. The van der Waals surface area contributed by atoms with E-state index in [-0.39, 0.29) is 28.9 Å². The SMILES string of the molecule is COC(=O)C1Cc2sc(NC(=O)CBr)c(C(=O)c3ccccc3Cl)c2C1.